The van der Waals surface area contributed by atoms with Gasteiger partial charge in [-0.15, -0.1) is 0 Å². The van der Waals surface area contributed by atoms with Crippen LogP contribution in [0.15, 0.2) is 66.9 Å². The molecule has 1 fully saturated rings. The molecule has 0 unspecified atom stereocenters. The molecule has 0 spiro atoms. The minimum absolute atomic E-state index is 0. The van der Waals surface area contributed by atoms with Gasteiger partial charge in [0, 0.05) is 23.3 Å². The number of fused-ring (bicyclic) bond motifs is 1. The Morgan fingerprint density at radius 3 is 2.36 bits per heavy atom. The average Bonchev–Trinajstić information content (AvgIpc) is 3.77. The van der Waals surface area contributed by atoms with E-state index in [4.69, 9.17) is 25.8 Å². The van der Waals surface area contributed by atoms with E-state index in [1.165, 1.54) is 43.6 Å². The molecule has 10 nitrogen and oxygen atoms in total. The molecule has 0 atom stereocenters. The van der Waals surface area contributed by atoms with Gasteiger partial charge in [-0.25, -0.2) is 4.39 Å². The molecule has 0 aliphatic heterocycles. The van der Waals surface area contributed by atoms with Crippen LogP contribution in [0.4, 0.5) is 15.8 Å². The number of carboxylic acids is 1. The fourth-order valence-corrected chi connectivity index (χ4v) is 4.35. The molecule has 3 aromatic carbocycles. The summed E-state index contributed by atoms with van der Waals surface area (Å²) >= 11 is 6.61. The van der Waals surface area contributed by atoms with E-state index in [0.29, 0.717) is 35.2 Å². The van der Waals surface area contributed by atoms with Crippen molar-refractivity contribution in [3.63, 3.8) is 0 Å². The van der Waals surface area contributed by atoms with Crippen molar-refractivity contribution >= 4 is 51.7 Å². The Bertz CT molecular complexity index is 1670. The topological polar surface area (TPSA) is 139 Å². The summed E-state index contributed by atoms with van der Waals surface area (Å²) in [7, 11) is 1.40. The van der Waals surface area contributed by atoms with Crippen LogP contribution < -0.4 is 59.5 Å². The summed E-state index contributed by atoms with van der Waals surface area (Å²) in [5, 5.41) is 16.8. The van der Waals surface area contributed by atoms with Gasteiger partial charge in [-0.05, 0) is 61.4 Å². The van der Waals surface area contributed by atoms with Crippen LogP contribution in [0, 0.1) is 11.2 Å². The predicted molar refractivity (Wildman–Crippen MR) is 146 cm³/mol. The molecule has 2 N–H and O–H groups in total. The van der Waals surface area contributed by atoms with Crippen molar-refractivity contribution in [3.8, 4) is 23.0 Å². The molecule has 1 saturated carbocycles. The first-order valence-electron chi connectivity index (χ1n) is 12.3. The van der Waals surface area contributed by atoms with Gasteiger partial charge in [-0.3, -0.25) is 14.6 Å². The van der Waals surface area contributed by atoms with E-state index in [-0.39, 0.29) is 57.5 Å². The number of methoxy groups -OCH3 is 1. The number of pyridine rings is 1. The second kappa shape index (κ2) is 13.0. The number of nitrogens with one attached hydrogen (secondary N) is 2. The molecule has 42 heavy (non-hydrogen) atoms. The molecular formula is C29H22ClFN3NaO7. The summed E-state index contributed by atoms with van der Waals surface area (Å²) in [6.07, 6.45) is 2.18. The normalized spacial score (nSPS) is 12.9. The van der Waals surface area contributed by atoms with E-state index in [9.17, 15) is 23.9 Å². The summed E-state index contributed by atoms with van der Waals surface area (Å²) in [6, 6.07) is 14.8. The molecular weight excluding hydrogens is 580 g/mol. The number of hydrogen-bond acceptors (Lipinski definition) is 8. The Morgan fingerprint density at radius 1 is 0.976 bits per heavy atom. The molecule has 1 aromatic heterocycles. The number of carbonyl (C=O) groups is 3. The van der Waals surface area contributed by atoms with Crippen molar-refractivity contribution in [2.24, 2.45) is 5.41 Å². The Balaban J connectivity index is 0.00000405. The van der Waals surface area contributed by atoms with E-state index in [0.717, 1.165) is 0 Å². The maximum atomic E-state index is 13.2. The number of carbonyl (C=O) groups excluding carboxylic acids is 3. The van der Waals surface area contributed by atoms with Crippen LogP contribution in [0.1, 0.15) is 12.8 Å². The van der Waals surface area contributed by atoms with E-state index < -0.39 is 35.6 Å². The number of ether oxygens (including phenoxy) is 3. The van der Waals surface area contributed by atoms with Crippen molar-refractivity contribution in [2.75, 3.05) is 24.4 Å². The van der Waals surface area contributed by atoms with E-state index in [2.05, 4.69) is 15.6 Å². The number of hydrogen-bond donors (Lipinski definition) is 2. The second-order valence-corrected chi connectivity index (χ2v) is 9.58. The molecule has 2 amide bonds. The SMILES string of the molecule is COc1cc2c(Oc3cccc(NC(=O)C4(C(=O)Nc5ccc(F)cc5)CC4)c3Cl)ccnc2cc1OCC(=O)[O-].[Na+]. The zero-order valence-corrected chi connectivity index (χ0v) is 25.3. The van der Waals surface area contributed by atoms with Crippen molar-refractivity contribution < 1.29 is 67.6 Å². The minimum Gasteiger partial charge on any atom is -0.546 e. The molecule has 5 rings (SSSR count). The van der Waals surface area contributed by atoms with Crippen LogP contribution in [0.3, 0.4) is 0 Å². The number of carboxylic acid groups (broad SMARTS) is 1. The van der Waals surface area contributed by atoms with Gasteiger partial charge in [-0.2, -0.15) is 0 Å². The Kier molecular flexibility index (Phi) is 9.57. The number of rotatable bonds is 10. The van der Waals surface area contributed by atoms with Gasteiger partial charge in [-0.1, -0.05) is 17.7 Å². The zero-order valence-electron chi connectivity index (χ0n) is 22.5. The largest absolute Gasteiger partial charge is 1.00 e. The summed E-state index contributed by atoms with van der Waals surface area (Å²) in [6.45, 7) is -0.665. The fourth-order valence-electron chi connectivity index (χ4n) is 4.14. The number of aliphatic carboxylic acids is 1. The molecule has 1 aliphatic carbocycles. The van der Waals surface area contributed by atoms with Crippen LogP contribution in [0.5, 0.6) is 23.0 Å². The van der Waals surface area contributed by atoms with Crippen molar-refractivity contribution in [2.45, 2.75) is 12.8 Å². The molecule has 1 aliphatic rings. The van der Waals surface area contributed by atoms with E-state index in [1.807, 2.05) is 0 Å². The molecule has 0 radical (unpaired) electrons. The summed E-state index contributed by atoms with van der Waals surface area (Å²) in [5.74, 6) is -1.88. The van der Waals surface area contributed by atoms with Crippen molar-refractivity contribution in [3.05, 3.63) is 77.7 Å². The first kappa shape index (κ1) is 31.0. The van der Waals surface area contributed by atoms with Gasteiger partial charge in [0.1, 0.15) is 34.4 Å². The molecule has 0 saturated heterocycles. The zero-order chi connectivity index (χ0) is 29.1. The number of amides is 2. The quantitative estimate of drug-likeness (QED) is 0.205. The van der Waals surface area contributed by atoms with E-state index >= 15 is 0 Å². The maximum Gasteiger partial charge on any atom is 1.00 e. The van der Waals surface area contributed by atoms with Gasteiger partial charge in [0.2, 0.25) is 11.8 Å². The van der Waals surface area contributed by atoms with Gasteiger partial charge >= 0.3 is 29.6 Å². The second-order valence-electron chi connectivity index (χ2n) is 9.21. The predicted octanol–water partition coefficient (Wildman–Crippen LogP) is 1.32. The first-order chi connectivity index (χ1) is 19.7. The molecule has 4 aromatic rings. The summed E-state index contributed by atoms with van der Waals surface area (Å²) < 4.78 is 29.9. The van der Waals surface area contributed by atoms with Crippen LogP contribution in [-0.2, 0) is 14.4 Å². The number of aromatic nitrogens is 1. The van der Waals surface area contributed by atoms with Gasteiger partial charge in [0.25, 0.3) is 0 Å². The van der Waals surface area contributed by atoms with Gasteiger partial charge in [0.15, 0.2) is 11.5 Å². The van der Waals surface area contributed by atoms with Crippen LogP contribution in [-0.4, -0.2) is 36.5 Å². The summed E-state index contributed by atoms with van der Waals surface area (Å²) in [4.78, 5) is 41.2. The third-order valence-corrected chi connectivity index (χ3v) is 6.88. The smallest absolute Gasteiger partial charge is 0.546 e. The number of nitrogens with zero attached hydrogens (tertiary/aromatic N) is 1. The Labute approximate surface area is 266 Å². The Hall–Kier alpha value is -3.90. The number of halogens is 2. The average molecular weight is 602 g/mol. The number of anilines is 2. The molecule has 13 heteroatoms. The molecule has 210 valence electrons. The number of benzene rings is 3. The van der Waals surface area contributed by atoms with E-state index in [1.54, 1.807) is 30.3 Å². The van der Waals surface area contributed by atoms with Crippen LogP contribution in [0.25, 0.3) is 10.9 Å². The minimum atomic E-state index is -1.39. The summed E-state index contributed by atoms with van der Waals surface area (Å²) in [5.41, 5.74) is -0.227. The fraction of sp³-hybridized carbons (Fsp3) is 0.172. The first-order valence-corrected chi connectivity index (χ1v) is 12.7. The molecule has 1 heterocycles. The van der Waals surface area contributed by atoms with Gasteiger partial charge in [0.05, 0.1) is 24.3 Å². The van der Waals surface area contributed by atoms with Crippen LogP contribution >= 0.6 is 11.6 Å². The maximum absolute atomic E-state index is 13.2. The van der Waals surface area contributed by atoms with Gasteiger partial charge < -0.3 is 34.7 Å². The van der Waals surface area contributed by atoms with Crippen LogP contribution in [0.2, 0.25) is 5.02 Å². The molecule has 0 bridgehead atoms. The van der Waals surface area contributed by atoms with Crippen molar-refractivity contribution in [1.82, 2.24) is 4.98 Å². The third kappa shape index (κ3) is 6.60. The Morgan fingerprint density at radius 2 is 1.69 bits per heavy atom. The standard InChI is InChI=1S/C29H23ClFN3O7.Na/c1-39-23-13-18-20(14-24(23)40-15-25(35)36)32-12-9-21(18)41-22-4-2-3-19(26(22)30)34-28(38)29(10-11-29)27(37)33-17-7-5-16(31)6-8-17;/h2-9,12-14H,10-11,15H2,1H3,(H,33,37)(H,34,38)(H,35,36);/q;+1/p-1. The van der Waals surface area contributed by atoms with Crippen molar-refractivity contribution in [1.29, 1.82) is 0 Å². The third-order valence-electron chi connectivity index (χ3n) is 6.49. The monoisotopic (exact) mass is 601 g/mol.